The average Bonchev–Trinajstić information content (AvgIpc) is 3.02. The lowest BCUT2D eigenvalue weighted by atomic mass is 10.2. The highest BCUT2D eigenvalue weighted by Gasteiger charge is 2.29. The molecule has 5 nitrogen and oxygen atoms in total. The predicted molar refractivity (Wildman–Crippen MR) is 102 cm³/mol. The number of para-hydroxylation sites is 2. The second-order valence-corrected chi connectivity index (χ2v) is 9.10. The number of rotatable bonds is 7. The van der Waals surface area contributed by atoms with Gasteiger partial charge in [0.05, 0.1) is 11.0 Å². The lowest BCUT2D eigenvalue weighted by Crippen LogP contribution is -2.24. The molecule has 0 bridgehead atoms. The predicted octanol–water partition coefficient (Wildman–Crippen LogP) is 3.45. The maximum atomic E-state index is 13.1. The highest BCUT2D eigenvalue weighted by atomic mass is 32.2. The zero-order valence-corrected chi connectivity index (χ0v) is 15.9. The Morgan fingerprint density at radius 1 is 1.41 bits per heavy atom. The van der Waals surface area contributed by atoms with E-state index in [2.05, 4.69) is 16.5 Å². The summed E-state index contributed by atoms with van der Waals surface area (Å²) in [7, 11) is -3.02. The monoisotopic (exact) mass is 401 g/mol. The van der Waals surface area contributed by atoms with Crippen molar-refractivity contribution in [2.75, 3.05) is 18.6 Å². The second-order valence-electron chi connectivity index (χ2n) is 6.16. The molecule has 9 heteroatoms. The number of benzene rings is 1. The number of hydrogen-bond donors (Lipinski definition) is 3. The zero-order chi connectivity index (χ0) is 20.2. The summed E-state index contributed by atoms with van der Waals surface area (Å²) in [6.45, 7) is 3.52. The van der Waals surface area contributed by atoms with Gasteiger partial charge in [-0.25, -0.2) is 4.98 Å². The molecule has 0 saturated carbocycles. The maximum Gasteiger partial charge on any atom is 0.422 e. The van der Waals surface area contributed by atoms with Crippen molar-refractivity contribution in [2.45, 2.75) is 18.3 Å². The number of aromatic amines is 1. The number of hydrogen-bond acceptors (Lipinski definition) is 4. The highest BCUT2D eigenvalue weighted by Crippen LogP contribution is 2.24. The van der Waals surface area contributed by atoms with E-state index in [9.17, 15) is 17.4 Å². The van der Waals surface area contributed by atoms with E-state index in [1.54, 1.807) is 6.07 Å². The van der Waals surface area contributed by atoms with Crippen LogP contribution in [0.2, 0.25) is 0 Å². The Hall–Kier alpha value is -2.55. The number of allylic oxidation sites excluding steroid dienone is 3. The summed E-state index contributed by atoms with van der Waals surface area (Å²) in [5, 5.41) is 0.310. The average molecular weight is 401 g/mol. The van der Waals surface area contributed by atoms with Crippen molar-refractivity contribution in [3.63, 3.8) is 0 Å². The van der Waals surface area contributed by atoms with Crippen molar-refractivity contribution in [3.8, 4) is 0 Å². The Balaban J connectivity index is 2.27. The molecule has 0 amide bonds. The van der Waals surface area contributed by atoms with E-state index in [-0.39, 0.29) is 22.8 Å². The third-order valence-corrected chi connectivity index (χ3v) is 5.86. The molecule has 0 radical (unpaired) electrons. The molecule has 0 spiro atoms. The minimum Gasteiger partial charge on any atom is -0.484 e. The SMILES string of the molecule is C=C/C=C(OCC(F)(F)F)\C(C)=C(/N)C[SH](C)(=O)c1nc2ccccc2[nH]1. The molecule has 0 aliphatic rings. The molecule has 0 aliphatic carbocycles. The first-order valence-electron chi connectivity index (χ1n) is 8.03. The number of nitrogens with one attached hydrogen (secondary N) is 1. The smallest absolute Gasteiger partial charge is 0.422 e. The zero-order valence-electron chi connectivity index (χ0n) is 15.0. The lowest BCUT2D eigenvalue weighted by Gasteiger charge is -2.19. The molecule has 27 heavy (non-hydrogen) atoms. The summed E-state index contributed by atoms with van der Waals surface area (Å²) in [5.41, 5.74) is 7.89. The number of ether oxygens (including phenoxy) is 1. The molecular formula is C18H22F3N3O2S. The van der Waals surface area contributed by atoms with E-state index in [0.717, 1.165) is 5.52 Å². The molecule has 1 aromatic carbocycles. The molecule has 0 aliphatic heterocycles. The molecule has 2 rings (SSSR count). The molecule has 3 N–H and O–H groups in total. The summed E-state index contributed by atoms with van der Waals surface area (Å²) in [4.78, 5) is 7.36. The number of alkyl halides is 3. The lowest BCUT2D eigenvalue weighted by molar-refractivity contribution is -0.164. The fourth-order valence-corrected chi connectivity index (χ4v) is 4.10. The third-order valence-electron chi connectivity index (χ3n) is 3.81. The van der Waals surface area contributed by atoms with Gasteiger partial charge < -0.3 is 15.5 Å². The Bertz CT molecular complexity index is 912. The first-order valence-corrected chi connectivity index (χ1v) is 10.4. The number of halogens is 3. The Kier molecular flexibility index (Phi) is 6.15. The Morgan fingerprint density at radius 2 is 2.07 bits per heavy atom. The molecule has 0 fully saturated rings. The molecule has 1 aromatic heterocycles. The van der Waals surface area contributed by atoms with E-state index >= 15 is 0 Å². The van der Waals surface area contributed by atoms with Crippen LogP contribution in [0, 0.1) is 0 Å². The Labute approximate surface area is 156 Å². The number of nitrogens with two attached hydrogens (primary N) is 1. The number of fused-ring (bicyclic) bond motifs is 1. The van der Waals surface area contributed by atoms with E-state index in [4.69, 9.17) is 10.5 Å². The van der Waals surface area contributed by atoms with E-state index < -0.39 is 22.7 Å². The van der Waals surface area contributed by atoms with Crippen LogP contribution in [0.15, 0.2) is 65.2 Å². The second kappa shape index (κ2) is 7.99. The quantitative estimate of drug-likeness (QED) is 0.377. The van der Waals surface area contributed by atoms with Crippen molar-refractivity contribution < 1.29 is 22.1 Å². The summed E-state index contributed by atoms with van der Waals surface area (Å²) in [5.74, 6) is -0.118. The highest BCUT2D eigenvalue weighted by molar-refractivity contribution is 8.02. The van der Waals surface area contributed by atoms with Crippen LogP contribution in [0.4, 0.5) is 13.2 Å². The van der Waals surface area contributed by atoms with Crippen LogP contribution in [0.5, 0.6) is 0 Å². The van der Waals surface area contributed by atoms with Crippen LogP contribution < -0.4 is 5.73 Å². The van der Waals surface area contributed by atoms with Gasteiger partial charge in [0.15, 0.2) is 11.8 Å². The number of H-pyrrole nitrogens is 1. The van der Waals surface area contributed by atoms with Crippen LogP contribution in [-0.2, 0) is 14.7 Å². The standard InChI is InChI=1S/C18H22F3N3O2S/c1-4-7-16(26-11-18(19,20)21)12(2)13(22)10-27(3,25)17-23-14-8-5-6-9-15(14)24-17/h4-9,27H,1,10-11,22H2,2-3H3,(H,23,24)/b13-12-,16-7+. The van der Waals surface area contributed by atoms with Crippen LogP contribution in [-0.4, -0.2) is 39.0 Å². The van der Waals surface area contributed by atoms with Gasteiger partial charge in [-0.3, -0.25) is 4.21 Å². The normalized spacial score (nSPS) is 14.8. The van der Waals surface area contributed by atoms with Gasteiger partial charge in [-0.05, 0) is 41.3 Å². The topological polar surface area (TPSA) is 81.0 Å². The van der Waals surface area contributed by atoms with Crippen molar-refractivity contribution in [2.24, 2.45) is 5.73 Å². The van der Waals surface area contributed by atoms with Gasteiger partial charge in [-0.2, -0.15) is 13.2 Å². The fourth-order valence-electron chi connectivity index (χ4n) is 2.39. The largest absolute Gasteiger partial charge is 0.484 e. The number of imidazole rings is 1. The summed E-state index contributed by atoms with van der Waals surface area (Å²) in [6, 6.07) is 7.24. The van der Waals surface area contributed by atoms with Gasteiger partial charge in [0.1, 0.15) is 5.76 Å². The van der Waals surface area contributed by atoms with Crippen LogP contribution >= 0.6 is 0 Å². The van der Waals surface area contributed by atoms with Gasteiger partial charge >= 0.3 is 6.18 Å². The number of aromatic nitrogens is 2. The van der Waals surface area contributed by atoms with Gasteiger partial charge in [-0.1, -0.05) is 24.8 Å². The molecule has 0 unspecified atom stereocenters. The van der Waals surface area contributed by atoms with E-state index in [0.29, 0.717) is 10.7 Å². The van der Waals surface area contributed by atoms with Crippen LogP contribution in [0.3, 0.4) is 0 Å². The van der Waals surface area contributed by atoms with Gasteiger partial charge in [0, 0.05) is 17.0 Å². The van der Waals surface area contributed by atoms with Gasteiger partial charge in [-0.15, -0.1) is 0 Å². The first kappa shape index (κ1) is 20.8. The molecular weight excluding hydrogens is 379 g/mol. The molecule has 2 aromatic rings. The molecule has 0 atom stereocenters. The molecule has 1 heterocycles. The van der Waals surface area contributed by atoms with Crippen molar-refractivity contribution in [3.05, 3.63) is 60.0 Å². The number of thiol groups is 1. The first-order chi connectivity index (χ1) is 12.5. The minimum absolute atomic E-state index is 0.0531. The third kappa shape index (κ3) is 5.46. The number of nitrogens with zero attached hydrogens (tertiary/aromatic N) is 1. The minimum atomic E-state index is -4.48. The van der Waals surface area contributed by atoms with Crippen LogP contribution in [0.25, 0.3) is 11.0 Å². The van der Waals surface area contributed by atoms with E-state index in [1.807, 2.05) is 18.2 Å². The van der Waals surface area contributed by atoms with Crippen molar-refractivity contribution in [1.29, 1.82) is 0 Å². The maximum absolute atomic E-state index is 13.1. The summed E-state index contributed by atoms with van der Waals surface area (Å²) >= 11 is 0. The van der Waals surface area contributed by atoms with E-state index in [1.165, 1.54) is 25.3 Å². The summed E-state index contributed by atoms with van der Waals surface area (Å²) in [6.07, 6.45) is -0.370. The summed E-state index contributed by atoms with van der Waals surface area (Å²) < 4.78 is 55.2. The van der Waals surface area contributed by atoms with Gasteiger partial charge in [0.2, 0.25) is 0 Å². The molecule has 0 saturated heterocycles. The Morgan fingerprint density at radius 3 is 2.67 bits per heavy atom. The van der Waals surface area contributed by atoms with Crippen molar-refractivity contribution >= 4 is 21.0 Å². The van der Waals surface area contributed by atoms with Crippen LogP contribution in [0.1, 0.15) is 6.92 Å². The van der Waals surface area contributed by atoms with Crippen molar-refractivity contribution in [1.82, 2.24) is 9.97 Å². The van der Waals surface area contributed by atoms with Gasteiger partial charge in [0.25, 0.3) is 0 Å². The molecule has 148 valence electrons. The fraction of sp³-hybridized carbons (Fsp3) is 0.278.